The van der Waals surface area contributed by atoms with Crippen LogP contribution in [-0.4, -0.2) is 57.6 Å². The predicted octanol–water partition coefficient (Wildman–Crippen LogP) is 3.57. The number of imidazole rings is 1. The van der Waals surface area contributed by atoms with Gasteiger partial charge in [0.2, 0.25) is 5.95 Å². The molecule has 2 atom stereocenters. The van der Waals surface area contributed by atoms with Crippen LogP contribution in [0.5, 0.6) is 5.75 Å². The Labute approximate surface area is 216 Å². The fourth-order valence-corrected chi connectivity index (χ4v) is 5.00. The minimum Gasteiger partial charge on any atom is -0.465 e. The van der Waals surface area contributed by atoms with Gasteiger partial charge in [-0.25, -0.2) is 10.1 Å². The molecule has 0 bridgehead atoms. The summed E-state index contributed by atoms with van der Waals surface area (Å²) < 4.78 is 32.2. The van der Waals surface area contributed by atoms with Crippen molar-refractivity contribution in [3.63, 3.8) is 0 Å². The Morgan fingerprint density at radius 3 is 2.78 bits per heavy atom. The third kappa shape index (κ3) is 8.28. The van der Waals surface area contributed by atoms with Crippen molar-refractivity contribution >= 4 is 36.4 Å². The van der Waals surface area contributed by atoms with Gasteiger partial charge in [0.1, 0.15) is 18.1 Å². The van der Waals surface area contributed by atoms with Gasteiger partial charge in [-0.2, -0.15) is 9.97 Å². The molecule has 12 nitrogen and oxygen atoms in total. The van der Waals surface area contributed by atoms with E-state index in [4.69, 9.17) is 19.7 Å². The van der Waals surface area contributed by atoms with Gasteiger partial charge in [0.05, 0.1) is 19.5 Å². The number of ether oxygens (including phenoxy) is 2. The fourth-order valence-electron chi connectivity index (χ4n) is 3.30. The molecule has 3 rings (SSSR count). The summed E-state index contributed by atoms with van der Waals surface area (Å²) in [6.45, 7) is 8.59. The molecule has 0 saturated heterocycles. The second-order valence-corrected chi connectivity index (χ2v) is 10.2. The third-order valence-corrected chi connectivity index (χ3v) is 6.92. The Morgan fingerprint density at radius 1 is 1.27 bits per heavy atom. The summed E-state index contributed by atoms with van der Waals surface area (Å²) in [5, 5.41) is 5.88. The summed E-state index contributed by atoms with van der Waals surface area (Å²) >= 11 is 0. The topological polar surface area (TPSA) is 156 Å². The molecule has 0 aliphatic carbocycles. The number of carbonyl (C=O) groups excluding carboxylic acids is 1. The van der Waals surface area contributed by atoms with Gasteiger partial charge in [0.25, 0.3) is 0 Å². The first-order valence-electron chi connectivity index (χ1n) is 12.0. The van der Waals surface area contributed by atoms with Gasteiger partial charge in [-0.3, -0.25) is 9.36 Å². The van der Waals surface area contributed by atoms with E-state index in [1.54, 1.807) is 48.2 Å². The van der Waals surface area contributed by atoms with E-state index in [-0.39, 0.29) is 18.9 Å². The van der Waals surface area contributed by atoms with Crippen molar-refractivity contribution < 1.29 is 23.4 Å². The molecule has 0 saturated carbocycles. The number of para-hydroxylation sites is 1. The van der Waals surface area contributed by atoms with Crippen LogP contribution >= 0.6 is 7.52 Å². The summed E-state index contributed by atoms with van der Waals surface area (Å²) in [5.41, 5.74) is 6.96. The van der Waals surface area contributed by atoms with Gasteiger partial charge >= 0.3 is 13.5 Å². The van der Waals surface area contributed by atoms with Gasteiger partial charge in [-0.15, -0.1) is 6.58 Å². The van der Waals surface area contributed by atoms with Crippen molar-refractivity contribution in [2.24, 2.45) is 0 Å². The van der Waals surface area contributed by atoms with Gasteiger partial charge in [0, 0.05) is 13.1 Å². The quantitative estimate of drug-likeness (QED) is 0.107. The highest BCUT2D eigenvalue weighted by Gasteiger charge is 2.31. The summed E-state index contributed by atoms with van der Waals surface area (Å²) in [4.78, 5) is 25.2. The Bertz CT molecular complexity index is 1220. The number of fused-ring (bicyclic) bond motifs is 1. The molecule has 0 spiro atoms. The lowest BCUT2D eigenvalue weighted by atomic mass is 10.3. The first kappa shape index (κ1) is 28.1. The molecule has 4 N–H and O–H groups in total. The maximum absolute atomic E-state index is 13.7. The average molecular weight is 532 g/mol. The van der Waals surface area contributed by atoms with E-state index in [9.17, 15) is 9.36 Å². The van der Waals surface area contributed by atoms with Crippen LogP contribution in [0.1, 0.15) is 26.7 Å². The third-order valence-electron chi connectivity index (χ3n) is 5.11. The van der Waals surface area contributed by atoms with E-state index < -0.39 is 19.5 Å². The molecule has 13 heteroatoms. The summed E-state index contributed by atoms with van der Waals surface area (Å²) in [6, 6.07) is 7.85. The van der Waals surface area contributed by atoms with Crippen molar-refractivity contribution in [1.29, 1.82) is 0 Å². The second kappa shape index (κ2) is 13.7. The van der Waals surface area contributed by atoms with Crippen LogP contribution in [0.3, 0.4) is 0 Å². The molecule has 37 heavy (non-hydrogen) atoms. The molecule has 0 aliphatic rings. The van der Waals surface area contributed by atoms with E-state index in [2.05, 4.69) is 31.9 Å². The van der Waals surface area contributed by atoms with Crippen molar-refractivity contribution in [2.75, 3.05) is 37.2 Å². The minimum absolute atomic E-state index is 0.103. The number of nitrogens with two attached hydrogens (primary N) is 1. The van der Waals surface area contributed by atoms with Crippen molar-refractivity contribution in [3.05, 3.63) is 49.3 Å². The first-order valence-corrected chi connectivity index (χ1v) is 13.8. The molecule has 2 heterocycles. The van der Waals surface area contributed by atoms with E-state index >= 15 is 0 Å². The van der Waals surface area contributed by atoms with Crippen molar-refractivity contribution in [2.45, 2.75) is 39.3 Å². The molecule has 3 aromatic rings. The largest absolute Gasteiger partial charge is 0.465 e. The molecule has 1 unspecified atom stereocenters. The van der Waals surface area contributed by atoms with Crippen LogP contribution in [0.15, 0.2) is 49.3 Å². The van der Waals surface area contributed by atoms with Crippen LogP contribution in [0.2, 0.25) is 0 Å². The van der Waals surface area contributed by atoms with Gasteiger partial charge < -0.3 is 29.6 Å². The van der Waals surface area contributed by atoms with Crippen LogP contribution in [0.25, 0.3) is 11.2 Å². The fraction of sp³-hybridized carbons (Fsp3) is 0.417. The van der Waals surface area contributed by atoms with E-state index in [0.29, 0.717) is 42.4 Å². The number of hydrogen-bond acceptors (Lipinski definition) is 10. The van der Waals surface area contributed by atoms with Crippen LogP contribution in [0, 0.1) is 0 Å². The smallest absolute Gasteiger partial charge is 0.342 e. The van der Waals surface area contributed by atoms with Crippen LogP contribution < -0.4 is 20.7 Å². The molecule has 2 aromatic heterocycles. The molecule has 0 amide bonds. The molecule has 0 aliphatic heterocycles. The number of esters is 1. The van der Waals surface area contributed by atoms with Crippen LogP contribution in [0.4, 0.5) is 11.8 Å². The lowest BCUT2D eigenvalue weighted by Gasteiger charge is -2.23. The van der Waals surface area contributed by atoms with Crippen molar-refractivity contribution in [3.8, 4) is 5.75 Å². The second-order valence-electron chi connectivity index (χ2n) is 8.20. The SMILES string of the molecule is C=CCNc1nc(N)nc2c1ncn2CCOCP(=O)(N[C@@H](C)C(=O)OCCCC)Oc1ccccc1. The number of hydrogen-bond donors (Lipinski definition) is 3. The maximum Gasteiger partial charge on any atom is 0.342 e. The average Bonchev–Trinajstić information content (AvgIpc) is 3.28. The van der Waals surface area contributed by atoms with Gasteiger partial charge in [0.15, 0.2) is 17.0 Å². The van der Waals surface area contributed by atoms with Gasteiger partial charge in [-0.05, 0) is 25.5 Å². The van der Waals surface area contributed by atoms with Crippen LogP contribution in [-0.2, 0) is 25.4 Å². The van der Waals surface area contributed by atoms with E-state index in [1.807, 2.05) is 13.0 Å². The molecular weight excluding hydrogens is 497 g/mol. The van der Waals surface area contributed by atoms with Crippen molar-refractivity contribution in [1.82, 2.24) is 24.6 Å². The molecule has 0 radical (unpaired) electrons. The number of nitrogens with zero attached hydrogens (tertiary/aromatic N) is 4. The lowest BCUT2D eigenvalue weighted by molar-refractivity contribution is -0.145. The Kier molecular flexibility index (Phi) is 10.4. The molecule has 1 aromatic carbocycles. The highest BCUT2D eigenvalue weighted by atomic mass is 31.2. The Morgan fingerprint density at radius 2 is 2.05 bits per heavy atom. The summed E-state index contributed by atoms with van der Waals surface area (Å²) in [7, 11) is -3.64. The maximum atomic E-state index is 13.7. The molecular formula is C24H34N7O5P. The Hall–Kier alpha value is -3.47. The number of carbonyl (C=O) groups is 1. The monoisotopic (exact) mass is 531 g/mol. The zero-order valence-electron chi connectivity index (χ0n) is 21.1. The number of nitrogen functional groups attached to an aromatic ring is 1. The zero-order valence-corrected chi connectivity index (χ0v) is 22.0. The van der Waals surface area contributed by atoms with E-state index in [0.717, 1.165) is 12.8 Å². The number of aromatic nitrogens is 4. The Balaban J connectivity index is 1.65. The molecule has 0 fully saturated rings. The number of unbranched alkanes of at least 4 members (excludes halogenated alkanes) is 1. The molecule has 200 valence electrons. The highest BCUT2D eigenvalue weighted by Crippen LogP contribution is 2.43. The number of anilines is 2. The standard InChI is InChI=1S/C24H34N7O5P/c1-4-6-14-35-23(32)18(3)30-37(33,36-19-10-8-7-9-11-19)17-34-15-13-31-16-27-20-21(26-12-5-2)28-24(25)29-22(20)31/h5,7-11,16,18H,2,4,6,12-15,17H2,1,3H3,(H,30,33)(H3,25,26,28,29)/t18-,37?/m0/s1. The highest BCUT2D eigenvalue weighted by molar-refractivity contribution is 7.57. The predicted molar refractivity (Wildman–Crippen MR) is 142 cm³/mol. The number of benzene rings is 1. The first-order chi connectivity index (χ1) is 17.8. The zero-order chi connectivity index (χ0) is 26.7. The number of nitrogens with one attached hydrogen (secondary N) is 2. The lowest BCUT2D eigenvalue weighted by Crippen LogP contribution is -2.35. The van der Waals surface area contributed by atoms with E-state index in [1.165, 1.54) is 0 Å². The summed E-state index contributed by atoms with van der Waals surface area (Å²) in [6.07, 6.45) is 4.68. The minimum atomic E-state index is -3.64. The summed E-state index contributed by atoms with van der Waals surface area (Å²) in [5.74, 6) is 0.493. The number of rotatable bonds is 16. The normalized spacial score (nSPS) is 13.6. The van der Waals surface area contributed by atoms with Gasteiger partial charge in [-0.1, -0.05) is 37.6 Å².